The highest BCUT2D eigenvalue weighted by Crippen LogP contribution is 2.29. The molecule has 7 heteroatoms. The lowest BCUT2D eigenvalue weighted by Crippen LogP contribution is -2.20. The van der Waals surface area contributed by atoms with E-state index in [9.17, 15) is 9.59 Å². The molecular weight excluding hydrogens is 438 g/mol. The summed E-state index contributed by atoms with van der Waals surface area (Å²) in [6.45, 7) is 3.53. The maximum Gasteiger partial charge on any atom is 0.254 e. The topological polar surface area (TPSA) is 74.8 Å². The van der Waals surface area contributed by atoms with E-state index >= 15 is 0 Å². The van der Waals surface area contributed by atoms with Gasteiger partial charge in [0.25, 0.3) is 5.56 Å². The predicted molar refractivity (Wildman–Crippen MR) is 116 cm³/mol. The third-order valence-electron chi connectivity index (χ3n) is 4.13. The van der Waals surface area contributed by atoms with E-state index < -0.39 is 0 Å². The molecule has 0 aliphatic rings. The highest BCUT2D eigenvalue weighted by atomic mass is 79.9. The van der Waals surface area contributed by atoms with Crippen LogP contribution >= 0.6 is 27.7 Å². The van der Waals surface area contributed by atoms with E-state index in [1.54, 1.807) is 25.6 Å². The van der Waals surface area contributed by atoms with Gasteiger partial charge in [-0.15, -0.1) is 0 Å². The van der Waals surface area contributed by atoms with Crippen LogP contribution in [0.25, 0.3) is 0 Å². The van der Waals surface area contributed by atoms with E-state index in [2.05, 4.69) is 31.2 Å². The monoisotopic (exact) mass is 457 g/mol. The summed E-state index contributed by atoms with van der Waals surface area (Å²) < 4.78 is 1.05. The number of carbonyl (C=O) groups is 1. The van der Waals surface area contributed by atoms with E-state index in [-0.39, 0.29) is 17.9 Å². The predicted octanol–water partition coefficient (Wildman–Crippen LogP) is 4.87. The largest absolute Gasteiger partial charge is 0.326 e. The Hall–Kier alpha value is -2.38. The number of hydrogen-bond donors (Lipinski definition) is 2. The second-order valence-corrected chi connectivity index (χ2v) is 8.41. The van der Waals surface area contributed by atoms with Gasteiger partial charge in [-0.25, -0.2) is 4.98 Å². The fraction of sp³-hybridized carbons (Fsp3) is 0.190. The van der Waals surface area contributed by atoms with Gasteiger partial charge in [-0.1, -0.05) is 27.7 Å². The van der Waals surface area contributed by atoms with Crippen molar-refractivity contribution >= 4 is 39.3 Å². The molecule has 0 fully saturated rings. The summed E-state index contributed by atoms with van der Waals surface area (Å²) in [5.74, 6) is 0.449. The number of carbonyl (C=O) groups excluding carboxylic acids is 1. The van der Waals surface area contributed by atoms with Gasteiger partial charge in [-0.2, -0.15) is 0 Å². The fourth-order valence-electron chi connectivity index (χ4n) is 2.75. The Morgan fingerprint density at radius 1 is 1.07 bits per heavy atom. The number of anilines is 1. The summed E-state index contributed by atoms with van der Waals surface area (Å²) >= 11 is 5.09. The maximum absolute atomic E-state index is 12.2. The van der Waals surface area contributed by atoms with Crippen molar-refractivity contribution in [3.63, 3.8) is 0 Å². The van der Waals surface area contributed by atoms with Crippen molar-refractivity contribution in [2.45, 2.75) is 36.5 Å². The van der Waals surface area contributed by atoms with Gasteiger partial charge in [-0.05, 0) is 68.8 Å². The SMILES string of the molecule is Cc1nc(C)c(CCC(=O)Nc2ccc(Sc3ccc(Br)cc3)cc2)c(=O)[nH]1. The number of hydrogen-bond acceptors (Lipinski definition) is 4. The first kappa shape index (κ1) is 20.4. The minimum Gasteiger partial charge on any atom is -0.326 e. The number of aromatic amines is 1. The summed E-state index contributed by atoms with van der Waals surface area (Å²) in [5.41, 5.74) is 1.79. The van der Waals surface area contributed by atoms with Gasteiger partial charge in [0, 0.05) is 37.6 Å². The normalized spacial score (nSPS) is 10.7. The van der Waals surface area contributed by atoms with Crippen molar-refractivity contribution in [1.82, 2.24) is 9.97 Å². The molecule has 0 aliphatic heterocycles. The van der Waals surface area contributed by atoms with Crippen LogP contribution in [0, 0.1) is 13.8 Å². The molecule has 0 saturated heterocycles. The van der Waals surface area contributed by atoms with Crippen molar-refractivity contribution < 1.29 is 4.79 Å². The molecular formula is C21H20BrN3O2S. The highest BCUT2D eigenvalue weighted by Gasteiger charge is 2.10. The number of halogens is 1. The minimum atomic E-state index is -0.174. The van der Waals surface area contributed by atoms with Gasteiger partial charge in [0.05, 0.1) is 0 Å². The molecule has 0 spiro atoms. The summed E-state index contributed by atoms with van der Waals surface area (Å²) in [4.78, 5) is 33.4. The smallest absolute Gasteiger partial charge is 0.254 e. The second-order valence-electron chi connectivity index (χ2n) is 6.34. The van der Waals surface area contributed by atoms with Crippen LogP contribution in [0.5, 0.6) is 0 Å². The van der Waals surface area contributed by atoms with Crippen molar-refractivity contribution in [1.29, 1.82) is 0 Å². The Morgan fingerprint density at radius 2 is 1.68 bits per heavy atom. The lowest BCUT2D eigenvalue weighted by Gasteiger charge is -2.08. The second kappa shape index (κ2) is 9.21. The number of amides is 1. The third-order valence-corrected chi connectivity index (χ3v) is 5.67. The third kappa shape index (κ3) is 5.56. The standard InChI is InChI=1S/C21H20BrN3O2S/c1-13-19(21(27)24-14(2)23-13)11-12-20(26)25-16-5-9-18(10-6-16)28-17-7-3-15(22)4-8-17/h3-10H,11-12H2,1-2H3,(H,25,26)(H,23,24,27). The molecule has 0 saturated carbocycles. The first-order valence-corrected chi connectivity index (χ1v) is 10.4. The number of nitrogens with zero attached hydrogens (tertiary/aromatic N) is 1. The highest BCUT2D eigenvalue weighted by molar-refractivity contribution is 9.10. The van der Waals surface area contributed by atoms with Gasteiger partial charge in [0.1, 0.15) is 5.82 Å². The van der Waals surface area contributed by atoms with Crippen molar-refractivity contribution in [3.05, 3.63) is 80.4 Å². The van der Waals surface area contributed by atoms with Gasteiger partial charge in [0.15, 0.2) is 0 Å². The Bertz CT molecular complexity index is 1030. The summed E-state index contributed by atoms with van der Waals surface area (Å²) in [5, 5.41) is 2.87. The zero-order chi connectivity index (χ0) is 20.1. The van der Waals surface area contributed by atoms with Gasteiger partial charge in [0.2, 0.25) is 5.91 Å². The fourth-order valence-corrected chi connectivity index (χ4v) is 3.83. The first-order chi connectivity index (χ1) is 13.4. The lowest BCUT2D eigenvalue weighted by molar-refractivity contribution is -0.116. The van der Waals surface area contributed by atoms with Crippen LogP contribution in [0.1, 0.15) is 23.5 Å². The quantitative estimate of drug-likeness (QED) is 0.553. The molecule has 1 aromatic heterocycles. The maximum atomic E-state index is 12.2. The Morgan fingerprint density at radius 3 is 2.29 bits per heavy atom. The van der Waals surface area contributed by atoms with E-state index in [4.69, 9.17) is 0 Å². The zero-order valence-electron chi connectivity index (χ0n) is 15.6. The van der Waals surface area contributed by atoms with Gasteiger partial charge >= 0.3 is 0 Å². The van der Waals surface area contributed by atoms with Gasteiger partial charge < -0.3 is 10.3 Å². The molecule has 3 aromatic rings. The summed E-state index contributed by atoms with van der Waals surface area (Å²) in [7, 11) is 0. The molecule has 5 nitrogen and oxygen atoms in total. The number of aryl methyl sites for hydroxylation is 2. The van der Waals surface area contributed by atoms with Crippen molar-refractivity contribution in [2.75, 3.05) is 5.32 Å². The number of benzene rings is 2. The molecule has 0 bridgehead atoms. The van der Waals surface area contributed by atoms with E-state index in [1.165, 1.54) is 0 Å². The molecule has 28 heavy (non-hydrogen) atoms. The average Bonchev–Trinajstić information content (AvgIpc) is 2.64. The summed E-state index contributed by atoms with van der Waals surface area (Å²) in [6.07, 6.45) is 0.585. The zero-order valence-corrected chi connectivity index (χ0v) is 18.0. The number of rotatable bonds is 6. The number of H-pyrrole nitrogens is 1. The molecule has 0 radical (unpaired) electrons. The minimum absolute atomic E-state index is 0.132. The van der Waals surface area contributed by atoms with Crippen LogP contribution in [-0.2, 0) is 11.2 Å². The Kier molecular flexibility index (Phi) is 6.70. The molecule has 0 unspecified atom stereocenters. The van der Waals surface area contributed by atoms with E-state index in [1.807, 2.05) is 48.5 Å². The van der Waals surface area contributed by atoms with E-state index in [0.29, 0.717) is 23.5 Å². The van der Waals surface area contributed by atoms with Crippen LogP contribution in [0.4, 0.5) is 5.69 Å². The van der Waals surface area contributed by atoms with Crippen molar-refractivity contribution in [3.8, 4) is 0 Å². The van der Waals surface area contributed by atoms with Gasteiger partial charge in [-0.3, -0.25) is 9.59 Å². The van der Waals surface area contributed by atoms with Crippen LogP contribution < -0.4 is 10.9 Å². The Balaban J connectivity index is 1.56. The number of aromatic nitrogens is 2. The van der Waals surface area contributed by atoms with Crippen molar-refractivity contribution in [2.24, 2.45) is 0 Å². The summed E-state index contributed by atoms with van der Waals surface area (Å²) in [6, 6.07) is 15.8. The Labute approximate surface area is 176 Å². The molecule has 2 N–H and O–H groups in total. The molecule has 3 rings (SSSR count). The van der Waals surface area contributed by atoms with E-state index in [0.717, 1.165) is 20.0 Å². The molecule has 0 atom stereocenters. The number of nitrogens with one attached hydrogen (secondary N) is 2. The average molecular weight is 458 g/mol. The molecule has 0 aliphatic carbocycles. The first-order valence-electron chi connectivity index (χ1n) is 8.80. The van der Waals surface area contributed by atoms with Crippen LogP contribution in [0.3, 0.4) is 0 Å². The van der Waals surface area contributed by atoms with Crippen LogP contribution in [0.2, 0.25) is 0 Å². The lowest BCUT2D eigenvalue weighted by atomic mass is 10.1. The van der Waals surface area contributed by atoms with Crippen LogP contribution in [0.15, 0.2) is 67.6 Å². The van der Waals surface area contributed by atoms with Crippen LogP contribution in [-0.4, -0.2) is 15.9 Å². The molecule has 144 valence electrons. The molecule has 2 aromatic carbocycles. The molecule has 1 heterocycles. The molecule has 1 amide bonds.